The summed E-state index contributed by atoms with van der Waals surface area (Å²) in [5, 5.41) is 0.812. The van der Waals surface area contributed by atoms with Gasteiger partial charge in [0.05, 0.1) is 15.4 Å². The van der Waals surface area contributed by atoms with Gasteiger partial charge in [-0.1, -0.05) is 17.7 Å². The number of anilines is 1. The molecule has 0 radical (unpaired) electrons. The highest BCUT2D eigenvalue weighted by molar-refractivity contribution is 7.92. The van der Waals surface area contributed by atoms with E-state index in [4.69, 9.17) is 17.3 Å². The summed E-state index contributed by atoms with van der Waals surface area (Å²) in [6, 6.07) is 5.72. The normalized spacial score (nSPS) is 18.2. The van der Waals surface area contributed by atoms with Gasteiger partial charge in [-0.15, -0.1) is 11.3 Å². The van der Waals surface area contributed by atoms with E-state index in [0.29, 0.717) is 19.2 Å². The number of benzene rings is 1. The molecule has 2 atom stereocenters. The maximum Gasteiger partial charge on any atom is 0.314 e. The van der Waals surface area contributed by atoms with E-state index in [1.807, 2.05) is 0 Å². The molecule has 0 bridgehead atoms. The van der Waals surface area contributed by atoms with Crippen LogP contribution < -0.4 is 10.6 Å². The molecule has 1 aromatic heterocycles. The lowest BCUT2D eigenvalue weighted by atomic mass is 10.1. The second kappa shape index (κ2) is 9.45. The van der Waals surface area contributed by atoms with Crippen molar-refractivity contribution < 1.29 is 27.2 Å². The number of carbonyl (C=O) groups is 2. The minimum atomic E-state index is -4.32. The van der Waals surface area contributed by atoms with E-state index >= 15 is 0 Å². The van der Waals surface area contributed by atoms with Gasteiger partial charge in [-0.3, -0.25) is 9.59 Å². The lowest BCUT2D eigenvalue weighted by Gasteiger charge is -2.23. The standard InChI is InChI=1S/C19H19ClFN3O5S2/c1-12(22)13-2-4-16(15(21)10-13)23-8-6-17(19(23)26)24(29-11-25)31(27,28)9-7-14-3-5-18(20)30-14/h2-5,7,9-12,17H,6,8,22H2,1H3/b9-7+. The van der Waals surface area contributed by atoms with Crippen molar-refractivity contribution >= 4 is 57.1 Å². The van der Waals surface area contributed by atoms with Gasteiger partial charge < -0.3 is 15.5 Å². The summed E-state index contributed by atoms with van der Waals surface area (Å²) in [5.74, 6) is -1.38. The van der Waals surface area contributed by atoms with Crippen molar-refractivity contribution in [3.63, 3.8) is 0 Å². The maximum atomic E-state index is 14.6. The van der Waals surface area contributed by atoms with Crippen LogP contribution >= 0.6 is 22.9 Å². The molecule has 1 aliphatic heterocycles. The number of hydroxylamine groups is 1. The summed E-state index contributed by atoms with van der Waals surface area (Å²) in [5.41, 5.74) is 6.29. The number of amides is 1. The van der Waals surface area contributed by atoms with Crippen molar-refractivity contribution in [2.45, 2.75) is 25.4 Å². The largest absolute Gasteiger partial charge is 0.355 e. The van der Waals surface area contributed by atoms with Gasteiger partial charge in [-0.25, -0.2) is 12.8 Å². The zero-order chi connectivity index (χ0) is 22.8. The summed E-state index contributed by atoms with van der Waals surface area (Å²) in [6.45, 7) is 1.65. The summed E-state index contributed by atoms with van der Waals surface area (Å²) in [6.07, 6.45) is 1.27. The molecule has 1 saturated heterocycles. The van der Waals surface area contributed by atoms with Gasteiger partial charge in [0, 0.05) is 17.5 Å². The second-order valence-electron chi connectivity index (χ2n) is 6.74. The fourth-order valence-corrected chi connectivity index (χ4v) is 5.30. The van der Waals surface area contributed by atoms with Crippen molar-refractivity contribution in [2.24, 2.45) is 5.73 Å². The first kappa shape index (κ1) is 23.4. The van der Waals surface area contributed by atoms with E-state index in [2.05, 4.69) is 4.84 Å². The average Bonchev–Trinajstić information content (AvgIpc) is 3.30. The molecular weight excluding hydrogens is 469 g/mol. The van der Waals surface area contributed by atoms with Crippen LogP contribution in [-0.2, 0) is 24.4 Å². The number of carbonyl (C=O) groups excluding carboxylic acids is 2. The van der Waals surface area contributed by atoms with Crippen LogP contribution in [0.25, 0.3) is 6.08 Å². The van der Waals surface area contributed by atoms with Gasteiger partial charge in [0.15, 0.2) is 0 Å². The summed E-state index contributed by atoms with van der Waals surface area (Å²) in [4.78, 5) is 30.2. The maximum absolute atomic E-state index is 14.6. The van der Waals surface area contributed by atoms with Gasteiger partial charge in [0.25, 0.3) is 10.0 Å². The summed E-state index contributed by atoms with van der Waals surface area (Å²) >= 11 is 6.97. The molecule has 31 heavy (non-hydrogen) atoms. The van der Waals surface area contributed by atoms with Crippen LogP contribution in [0.2, 0.25) is 4.34 Å². The molecule has 2 unspecified atom stereocenters. The molecule has 2 N–H and O–H groups in total. The zero-order valence-electron chi connectivity index (χ0n) is 16.3. The van der Waals surface area contributed by atoms with Crippen molar-refractivity contribution in [3.05, 3.63) is 56.3 Å². The predicted molar refractivity (Wildman–Crippen MR) is 116 cm³/mol. The van der Waals surface area contributed by atoms with Gasteiger partial charge in [-0.2, -0.15) is 0 Å². The molecule has 2 aromatic rings. The van der Waals surface area contributed by atoms with Crippen LogP contribution in [0.15, 0.2) is 35.7 Å². The number of sulfonamides is 1. The van der Waals surface area contributed by atoms with Crippen LogP contribution in [0.3, 0.4) is 0 Å². The minimum absolute atomic E-state index is 0.000936. The van der Waals surface area contributed by atoms with E-state index in [0.717, 1.165) is 21.6 Å². The number of rotatable bonds is 8. The fraction of sp³-hybridized carbons (Fsp3) is 0.263. The molecule has 0 spiro atoms. The van der Waals surface area contributed by atoms with Gasteiger partial charge >= 0.3 is 6.47 Å². The van der Waals surface area contributed by atoms with Crippen LogP contribution in [0.1, 0.15) is 29.8 Å². The Morgan fingerprint density at radius 2 is 2.13 bits per heavy atom. The van der Waals surface area contributed by atoms with Crippen molar-refractivity contribution in [1.82, 2.24) is 4.47 Å². The topological polar surface area (TPSA) is 110 Å². The van der Waals surface area contributed by atoms with E-state index in [1.165, 1.54) is 18.2 Å². The lowest BCUT2D eigenvalue weighted by molar-refractivity contribution is -0.160. The highest BCUT2D eigenvalue weighted by Crippen LogP contribution is 2.30. The summed E-state index contributed by atoms with van der Waals surface area (Å²) < 4.78 is 40.8. The third-order valence-corrected chi connectivity index (χ3v) is 7.13. The molecule has 1 aliphatic rings. The molecule has 1 aromatic carbocycles. The lowest BCUT2D eigenvalue weighted by Crippen LogP contribution is -2.44. The fourth-order valence-electron chi connectivity index (χ4n) is 3.11. The van der Waals surface area contributed by atoms with Crippen molar-refractivity contribution in [1.29, 1.82) is 0 Å². The molecule has 2 heterocycles. The SMILES string of the molecule is CC(N)c1ccc(N2CCC(N(OC=O)S(=O)(=O)/C=C/c3ccc(Cl)s3)C2=O)c(F)c1. The van der Waals surface area contributed by atoms with Crippen LogP contribution in [0.4, 0.5) is 10.1 Å². The highest BCUT2D eigenvalue weighted by atomic mass is 35.5. The molecule has 1 fully saturated rings. The number of halogens is 2. The van der Waals surface area contributed by atoms with Crippen LogP contribution in [0.5, 0.6) is 0 Å². The average molecular weight is 488 g/mol. The Morgan fingerprint density at radius 3 is 2.71 bits per heavy atom. The molecule has 0 aliphatic carbocycles. The van der Waals surface area contributed by atoms with E-state index in [-0.39, 0.29) is 25.1 Å². The Balaban J connectivity index is 1.85. The summed E-state index contributed by atoms with van der Waals surface area (Å²) in [7, 11) is -4.32. The zero-order valence-corrected chi connectivity index (χ0v) is 18.7. The molecule has 8 nitrogen and oxygen atoms in total. The Morgan fingerprint density at radius 1 is 1.39 bits per heavy atom. The molecule has 3 rings (SSSR count). The number of nitrogens with two attached hydrogens (primary N) is 1. The Kier molecular flexibility index (Phi) is 7.12. The molecule has 166 valence electrons. The molecular formula is C19H19ClFN3O5S2. The number of hydrogen-bond donors (Lipinski definition) is 1. The van der Waals surface area contributed by atoms with E-state index < -0.39 is 33.8 Å². The Bertz CT molecular complexity index is 1120. The number of thiophene rings is 1. The van der Waals surface area contributed by atoms with Crippen molar-refractivity contribution in [3.8, 4) is 0 Å². The molecule has 1 amide bonds. The highest BCUT2D eigenvalue weighted by Gasteiger charge is 2.43. The van der Waals surface area contributed by atoms with Crippen LogP contribution in [-0.4, -0.2) is 37.9 Å². The van der Waals surface area contributed by atoms with Gasteiger partial charge in [0.2, 0.25) is 5.91 Å². The van der Waals surface area contributed by atoms with E-state index in [1.54, 1.807) is 25.1 Å². The number of nitrogens with zero attached hydrogens (tertiary/aromatic N) is 2. The van der Waals surface area contributed by atoms with Gasteiger partial charge in [0.1, 0.15) is 11.9 Å². The third-order valence-electron chi connectivity index (χ3n) is 4.62. The predicted octanol–water partition coefficient (Wildman–Crippen LogP) is 3.06. The quantitative estimate of drug-likeness (QED) is 0.452. The van der Waals surface area contributed by atoms with Crippen LogP contribution in [0, 0.1) is 5.82 Å². The Hall–Kier alpha value is -2.31. The third kappa shape index (κ3) is 5.13. The van der Waals surface area contributed by atoms with Gasteiger partial charge in [-0.05, 0) is 53.7 Å². The van der Waals surface area contributed by atoms with E-state index in [9.17, 15) is 22.4 Å². The second-order valence-corrected chi connectivity index (χ2v) is 10.1. The monoisotopic (exact) mass is 487 g/mol. The number of hydrogen-bond acceptors (Lipinski definition) is 7. The van der Waals surface area contributed by atoms with Crippen molar-refractivity contribution in [2.75, 3.05) is 11.4 Å². The first-order chi connectivity index (χ1) is 14.6. The Labute approximate surface area is 187 Å². The first-order valence-corrected chi connectivity index (χ1v) is 11.8. The molecule has 0 saturated carbocycles. The first-order valence-electron chi connectivity index (χ1n) is 9.08. The minimum Gasteiger partial charge on any atom is -0.355 e. The smallest absolute Gasteiger partial charge is 0.314 e. The molecule has 12 heteroatoms.